The SMILES string of the molecule is COC12CC3CC(C1)C(N1CC(C)(C4CC4)N(C)C1=O)C(C3)C2. The maximum Gasteiger partial charge on any atom is 0.320 e. The number of ether oxygens (including phenoxy) is 1. The average molecular weight is 318 g/mol. The summed E-state index contributed by atoms with van der Waals surface area (Å²) in [4.78, 5) is 17.4. The van der Waals surface area contributed by atoms with Crippen LogP contribution in [0.1, 0.15) is 51.9 Å². The molecule has 0 radical (unpaired) electrons. The molecule has 4 heteroatoms. The Labute approximate surface area is 139 Å². The zero-order valence-electron chi connectivity index (χ0n) is 14.8. The molecule has 6 aliphatic rings. The summed E-state index contributed by atoms with van der Waals surface area (Å²) in [7, 11) is 3.94. The van der Waals surface area contributed by atoms with Gasteiger partial charge in [0.15, 0.2) is 0 Å². The van der Waals surface area contributed by atoms with E-state index in [1.807, 2.05) is 14.2 Å². The van der Waals surface area contributed by atoms with E-state index >= 15 is 0 Å². The first-order valence-electron chi connectivity index (χ1n) is 9.55. The van der Waals surface area contributed by atoms with Gasteiger partial charge in [0.2, 0.25) is 0 Å². The highest BCUT2D eigenvalue weighted by atomic mass is 16.5. The predicted molar refractivity (Wildman–Crippen MR) is 88.1 cm³/mol. The van der Waals surface area contributed by atoms with Crippen molar-refractivity contribution in [2.45, 2.75) is 69.1 Å². The molecule has 2 amide bonds. The number of methoxy groups -OCH3 is 1. The van der Waals surface area contributed by atoms with Crippen molar-refractivity contribution in [2.24, 2.45) is 23.7 Å². The molecular formula is C19H30N2O2. The van der Waals surface area contributed by atoms with Crippen LogP contribution in [-0.4, -0.2) is 53.7 Å². The van der Waals surface area contributed by atoms with Crippen molar-refractivity contribution in [3.63, 3.8) is 0 Å². The third kappa shape index (κ3) is 1.85. The molecule has 4 bridgehead atoms. The molecule has 23 heavy (non-hydrogen) atoms. The van der Waals surface area contributed by atoms with Gasteiger partial charge in [0.25, 0.3) is 0 Å². The van der Waals surface area contributed by atoms with Crippen molar-refractivity contribution in [1.82, 2.24) is 9.80 Å². The van der Waals surface area contributed by atoms with E-state index in [9.17, 15) is 4.79 Å². The van der Waals surface area contributed by atoms with Crippen LogP contribution in [0.5, 0.6) is 0 Å². The minimum absolute atomic E-state index is 0.0741. The Bertz CT molecular complexity index is 529. The molecule has 1 saturated heterocycles. The van der Waals surface area contributed by atoms with Gasteiger partial charge in [-0.2, -0.15) is 0 Å². The maximum absolute atomic E-state index is 13.0. The summed E-state index contributed by atoms with van der Waals surface area (Å²) in [6, 6.07) is 0.772. The topological polar surface area (TPSA) is 32.8 Å². The summed E-state index contributed by atoms with van der Waals surface area (Å²) < 4.78 is 5.98. The molecule has 1 aliphatic heterocycles. The second-order valence-corrected chi connectivity index (χ2v) is 9.45. The molecule has 0 aromatic rings. The summed E-state index contributed by atoms with van der Waals surface area (Å²) in [5.41, 5.74) is 0.214. The normalized spacial score (nSPS) is 51.9. The molecule has 1 heterocycles. The van der Waals surface area contributed by atoms with E-state index in [0.29, 0.717) is 23.9 Å². The summed E-state index contributed by atoms with van der Waals surface area (Å²) in [6.07, 6.45) is 8.85. The van der Waals surface area contributed by atoms with E-state index in [1.54, 1.807) is 0 Å². The number of carbonyl (C=O) groups is 1. The Kier molecular flexibility index (Phi) is 2.81. The Morgan fingerprint density at radius 1 is 1.13 bits per heavy atom. The molecule has 4 nitrogen and oxygen atoms in total. The quantitative estimate of drug-likeness (QED) is 0.801. The van der Waals surface area contributed by atoms with E-state index < -0.39 is 0 Å². The minimum Gasteiger partial charge on any atom is -0.378 e. The number of nitrogens with zero attached hydrogens (tertiary/aromatic N) is 2. The number of hydrogen-bond acceptors (Lipinski definition) is 2. The second-order valence-electron chi connectivity index (χ2n) is 9.45. The highest BCUT2D eigenvalue weighted by Crippen LogP contribution is 2.59. The van der Waals surface area contributed by atoms with Crippen molar-refractivity contribution in [3.05, 3.63) is 0 Å². The molecule has 128 valence electrons. The first kappa shape index (κ1) is 14.6. The summed E-state index contributed by atoms with van der Waals surface area (Å²) in [5.74, 6) is 2.90. The molecule has 6 fully saturated rings. The zero-order valence-corrected chi connectivity index (χ0v) is 14.8. The smallest absolute Gasteiger partial charge is 0.320 e. The Morgan fingerprint density at radius 2 is 1.78 bits per heavy atom. The van der Waals surface area contributed by atoms with Crippen LogP contribution < -0.4 is 0 Å². The summed E-state index contributed by atoms with van der Waals surface area (Å²) in [6.45, 7) is 3.27. The molecular weight excluding hydrogens is 288 g/mol. The maximum atomic E-state index is 13.0. The van der Waals surface area contributed by atoms with E-state index in [2.05, 4.69) is 16.7 Å². The lowest BCUT2D eigenvalue weighted by Gasteiger charge is -2.60. The van der Waals surface area contributed by atoms with Crippen LogP contribution in [0.2, 0.25) is 0 Å². The molecule has 3 atom stereocenters. The van der Waals surface area contributed by atoms with Crippen LogP contribution in [-0.2, 0) is 4.74 Å². The van der Waals surface area contributed by atoms with Crippen LogP contribution in [0.25, 0.3) is 0 Å². The summed E-state index contributed by atoms with van der Waals surface area (Å²) >= 11 is 0. The van der Waals surface area contributed by atoms with Crippen LogP contribution in [0.4, 0.5) is 4.79 Å². The van der Waals surface area contributed by atoms with Crippen LogP contribution in [0, 0.1) is 23.7 Å². The number of likely N-dealkylation sites (N-methyl/N-ethyl adjacent to an activating group) is 1. The van der Waals surface area contributed by atoms with E-state index in [4.69, 9.17) is 4.74 Å². The molecule has 3 unspecified atom stereocenters. The van der Waals surface area contributed by atoms with Gasteiger partial charge in [-0.3, -0.25) is 0 Å². The van der Waals surface area contributed by atoms with E-state index in [1.165, 1.54) is 44.9 Å². The van der Waals surface area contributed by atoms with Crippen LogP contribution in [0.15, 0.2) is 0 Å². The lowest BCUT2D eigenvalue weighted by molar-refractivity contribution is -0.169. The zero-order chi connectivity index (χ0) is 16.0. The van der Waals surface area contributed by atoms with E-state index in [-0.39, 0.29) is 11.1 Å². The van der Waals surface area contributed by atoms with Crippen LogP contribution >= 0.6 is 0 Å². The minimum atomic E-state index is 0.0741. The third-order valence-electron chi connectivity index (χ3n) is 8.21. The predicted octanol–water partition coefficient (Wildman–Crippen LogP) is 3.12. The highest BCUT2D eigenvalue weighted by molar-refractivity contribution is 5.78. The van der Waals surface area contributed by atoms with Crippen molar-refractivity contribution < 1.29 is 9.53 Å². The van der Waals surface area contributed by atoms with Crippen molar-refractivity contribution in [3.8, 4) is 0 Å². The van der Waals surface area contributed by atoms with E-state index in [0.717, 1.165) is 18.4 Å². The molecule has 6 rings (SSSR count). The van der Waals surface area contributed by atoms with Gasteiger partial charge >= 0.3 is 6.03 Å². The molecule has 0 aromatic heterocycles. The number of rotatable bonds is 3. The number of urea groups is 1. The number of carbonyl (C=O) groups excluding carboxylic acids is 1. The summed E-state index contributed by atoms with van der Waals surface area (Å²) in [5, 5.41) is 0. The molecule has 0 aromatic carbocycles. The Morgan fingerprint density at radius 3 is 2.35 bits per heavy atom. The Hall–Kier alpha value is -0.770. The fraction of sp³-hybridized carbons (Fsp3) is 0.947. The van der Waals surface area contributed by atoms with Gasteiger partial charge in [0.05, 0.1) is 11.1 Å². The third-order valence-corrected chi connectivity index (χ3v) is 8.21. The van der Waals surface area contributed by atoms with Gasteiger partial charge in [-0.15, -0.1) is 0 Å². The van der Waals surface area contributed by atoms with Gasteiger partial charge in [0.1, 0.15) is 0 Å². The lowest BCUT2D eigenvalue weighted by atomic mass is 9.52. The second kappa shape index (κ2) is 4.44. The first-order chi connectivity index (χ1) is 11.0. The number of amides is 2. The first-order valence-corrected chi connectivity index (χ1v) is 9.55. The fourth-order valence-corrected chi connectivity index (χ4v) is 6.95. The van der Waals surface area contributed by atoms with Gasteiger partial charge in [-0.25, -0.2) is 4.79 Å². The average Bonchev–Trinajstić information content (AvgIpc) is 3.33. The molecule has 5 saturated carbocycles. The van der Waals surface area contributed by atoms with Crippen molar-refractivity contribution in [1.29, 1.82) is 0 Å². The molecule has 0 spiro atoms. The molecule has 0 N–H and O–H groups in total. The lowest BCUT2D eigenvalue weighted by Crippen LogP contribution is -2.62. The monoisotopic (exact) mass is 318 g/mol. The van der Waals surface area contributed by atoms with Gasteiger partial charge in [-0.1, -0.05) is 0 Å². The largest absolute Gasteiger partial charge is 0.378 e. The standard InChI is InChI=1S/C19H30N2O2/c1-18(15-4-5-15)11-21(17(22)20(18)2)16-13-6-12-7-14(16)10-19(8-12,9-13)23-3/h12-16H,4-11H2,1-3H3. The van der Waals surface area contributed by atoms with Crippen molar-refractivity contribution in [2.75, 3.05) is 20.7 Å². The Balaban J connectivity index is 1.44. The highest BCUT2D eigenvalue weighted by Gasteiger charge is 2.61. The van der Waals surface area contributed by atoms with Gasteiger partial charge in [0, 0.05) is 26.7 Å². The van der Waals surface area contributed by atoms with Gasteiger partial charge < -0.3 is 14.5 Å². The number of hydrogen-bond donors (Lipinski definition) is 0. The fourth-order valence-electron chi connectivity index (χ4n) is 6.95. The van der Waals surface area contributed by atoms with Crippen molar-refractivity contribution >= 4 is 6.03 Å². The molecule has 5 aliphatic carbocycles. The van der Waals surface area contributed by atoms with Gasteiger partial charge in [-0.05, 0) is 75.5 Å². The van der Waals surface area contributed by atoms with Crippen LogP contribution in [0.3, 0.4) is 0 Å².